The van der Waals surface area contributed by atoms with E-state index in [0.717, 1.165) is 18.1 Å². The minimum atomic E-state index is -4.35. The smallest absolute Gasteiger partial charge is 0.398 e. The van der Waals surface area contributed by atoms with Crippen LogP contribution in [0.5, 0.6) is 0 Å². The Morgan fingerprint density at radius 2 is 1.93 bits per heavy atom. The Kier molecular flexibility index (Phi) is 2.37. The lowest BCUT2D eigenvalue weighted by Gasteiger charge is -2.11. The number of halogens is 3. The molecule has 2 rings (SSSR count). The van der Waals surface area contributed by atoms with Crippen LogP contribution < -0.4 is 5.73 Å². The van der Waals surface area contributed by atoms with E-state index in [1.54, 1.807) is 0 Å². The lowest BCUT2D eigenvalue weighted by molar-refractivity contribution is -0.136. The summed E-state index contributed by atoms with van der Waals surface area (Å²) >= 11 is 0. The highest BCUT2D eigenvalue weighted by Crippen LogP contribution is 2.36. The van der Waals surface area contributed by atoms with E-state index in [-0.39, 0.29) is 5.69 Å². The van der Waals surface area contributed by atoms with Gasteiger partial charge in [0.2, 0.25) is 0 Å². The lowest BCUT2D eigenvalue weighted by Crippen LogP contribution is -2.09. The third kappa shape index (κ3) is 2.43. The third-order valence-corrected chi connectivity index (χ3v) is 2.64. The molecule has 0 bridgehead atoms. The van der Waals surface area contributed by atoms with Gasteiger partial charge in [0.05, 0.1) is 5.56 Å². The quantitative estimate of drug-likeness (QED) is 0.753. The van der Waals surface area contributed by atoms with Crippen molar-refractivity contribution in [1.82, 2.24) is 0 Å². The Labute approximate surface area is 86.1 Å². The summed E-state index contributed by atoms with van der Waals surface area (Å²) in [5, 5.41) is 0. The number of hydrogen-bond acceptors (Lipinski definition) is 1. The maximum Gasteiger partial charge on any atom is 0.418 e. The molecule has 0 aromatic heterocycles. The van der Waals surface area contributed by atoms with Crippen molar-refractivity contribution in [2.45, 2.75) is 25.4 Å². The van der Waals surface area contributed by atoms with Crippen LogP contribution in [0, 0.1) is 5.92 Å². The predicted molar refractivity (Wildman–Crippen MR) is 52.3 cm³/mol. The first-order valence-electron chi connectivity index (χ1n) is 4.92. The van der Waals surface area contributed by atoms with Crippen molar-refractivity contribution >= 4 is 5.69 Å². The van der Waals surface area contributed by atoms with Crippen molar-refractivity contribution in [3.63, 3.8) is 0 Å². The molecule has 1 aromatic rings. The number of hydrogen-bond donors (Lipinski definition) is 1. The second kappa shape index (κ2) is 3.43. The van der Waals surface area contributed by atoms with E-state index in [9.17, 15) is 13.2 Å². The van der Waals surface area contributed by atoms with Crippen LogP contribution in [0.3, 0.4) is 0 Å². The minimum Gasteiger partial charge on any atom is -0.398 e. The zero-order chi connectivity index (χ0) is 11.1. The summed E-state index contributed by atoms with van der Waals surface area (Å²) in [6.07, 6.45) is -1.13. The van der Waals surface area contributed by atoms with Crippen molar-refractivity contribution in [3.8, 4) is 0 Å². The van der Waals surface area contributed by atoms with Gasteiger partial charge < -0.3 is 5.73 Å². The van der Waals surface area contributed by atoms with Crippen molar-refractivity contribution in [3.05, 3.63) is 29.3 Å². The number of rotatable bonds is 2. The highest BCUT2D eigenvalue weighted by molar-refractivity contribution is 5.50. The SMILES string of the molecule is Nc1cc(CC2CC2)ccc1C(F)(F)F. The highest BCUT2D eigenvalue weighted by atomic mass is 19.4. The van der Waals surface area contributed by atoms with Crippen LogP contribution in [-0.4, -0.2) is 0 Å². The number of benzene rings is 1. The monoisotopic (exact) mass is 215 g/mol. The molecule has 4 heteroatoms. The standard InChI is InChI=1S/C11H12F3N/c12-11(13,14)9-4-3-8(6-10(9)15)5-7-1-2-7/h3-4,6-7H,1-2,5,15H2. The van der Waals surface area contributed by atoms with E-state index in [1.165, 1.54) is 25.0 Å². The van der Waals surface area contributed by atoms with Gasteiger partial charge in [-0.3, -0.25) is 0 Å². The maximum atomic E-state index is 12.4. The van der Waals surface area contributed by atoms with Gasteiger partial charge in [-0.1, -0.05) is 6.07 Å². The Bertz CT molecular complexity index is 367. The van der Waals surface area contributed by atoms with E-state index in [2.05, 4.69) is 0 Å². The summed E-state index contributed by atoms with van der Waals surface area (Å²) in [6, 6.07) is 4.05. The van der Waals surface area contributed by atoms with Gasteiger partial charge in [-0.05, 0) is 42.9 Å². The molecule has 0 saturated heterocycles. The summed E-state index contributed by atoms with van der Waals surface area (Å²) in [4.78, 5) is 0. The van der Waals surface area contributed by atoms with Gasteiger partial charge >= 0.3 is 6.18 Å². The second-order valence-electron chi connectivity index (χ2n) is 4.07. The first-order valence-corrected chi connectivity index (χ1v) is 4.92. The van der Waals surface area contributed by atoms with Crippen molar-refractivity contribution in [2.75, 3.05) is 5.73 Å². The molecular weight excluding hydrogens is 203 g/mol. The van der Waals surface area contributed by atoms with Crippen LogP contribution in [0.1, 0.15) is 24.0 Å². The zero-order valence-corrected chi connectivity index (χ0v) is 8.14. The molecular formula is C11H12F3N. The zero-order valence-electron chi connectivity index (χ0n) is 8.14. The fourth-order valence-electron chi connectivity index (χ4n) is 1.65. The molecule has 1 aliphatic carbocycles. The average Bonchev–Trinajstić information content (AvgIpc) is 2.85. The van der Waals surface area contributed by atoms with E-state index in [0.29, 0.717) is 5.92 Å². The molecule has 0 heterocycles. The molecule has 1 saturated carbocycles. The molecule has 15 heavy (non-hydrogen) atoms. The Hall–Kier alpha value is -1.19. The molecule has 2 N–H and O–H groups in total. The van der Waals surface area contributed by atoms with Gasteiger partial charge in [0.25, 0.3) is 0 Å². The molecule has 0 unspecified atom stereocenters. The average molecular weight is 215 g/mol. The fraction of sp³-hybridized carbons (Fsp3) is 0.455. The minimum absolute atomic E-state index is 0.166. The van der Waals surface area contributed by atoms with Crippen molar-refractivity contribution in [1.29, 1.82) is 0 Å². The molecule has 1 nitrogen and oxygen atoms in total. The number of anilines is 1. The van der Waals surface area contributed by atoms with Gasteiger partial charge in [-0.25, -0.2) is 0 Å². The largest absolute Gasteiger partial charge is 0.418 e. The second-order valence-corrected chi connectivity index (χ2v) is 4.07. The topological polar surface area (TPSA) is 26.0 Å². The maximum absolute atomic E-state index is 12.4. The van der Waals surface area contributed by atoms with E-state index < -0.39 is 11.7 Å². The number of nitrogens with two attached hydrogens (primary N) is 1. The van der Waals surface area contributed by atoms with Crippen molar-refractivity contribution < 1.29 is 13.2 Å². The molecule has 0 radical (unpaired) electrons. The molecule has 1 aromatic carbocycles. The van der Waals surface area contributed by atoms with Gasteiger partial charge in [0, 0.05) is 5.69 Å². The lowest BCUT2D eigenvalue weighted by atomic mass is 10.0. The van der Waals surface area contributed by atoms with Crippen LogP contribution in [-0.2, 0) is 12.6 Å². The number of alkyl halides is 3. The normalized spacial score (nSPS) is 16.7. The molecule has 0 spiro atoms. The summed E-state index contributed by atoms with van der Waals surface area (Å²) in [5.41, 5.74) is 5.39. The van der Waals surface area contributed by atoms with Gasteiger partial charge in [-0.2, -0.15) is 13.2 Å². The van der Waals surface area contributed by atoms with Gasteiger partial charge in [-0.15, -0.1) is 0 Å². The summed E-state index contributed by atoms with van der Waals surface area (Å²) < 4.78 is 37.1. The Morgan fingerprint density at radius 1 is 1.27 bits per heavy atom. The number of nitrogen functional groups attached to an aromatic ring is 1. The van der Waals surface area contributed by atoms with Crippen LogP contribution in [0.25, 0.3) is 0 Å². The van der Waals surface area contributed by atoms with Crippen LogP contribution in [0.2, 0.25) is 0 Å². The van der Waals surface area contributed by atoms with E-state index >= 15 is 0 Å². The van der Waals surface area contributed by atoms with Crippen molar-refractivity contribution in [2.24, 2.45) is 5.92 Å². The fourth-order valence-corrected chi connectivity index (χ4v) is 1.65. The molecule has 0 amide bonds. The van der Waals surface area contributed by atoms with E-state index in [1.807, 2.05) is 0 Å². The molecule has 1 fully saturated rings. The van der Waals surface area contributed by atoms with Gasteiger partial charge in [0.1, 0.15) is 0 Å². The van der Waals surface area contributed by atoms with Gasteiger partial charge in [0.15, 0.2) is 0 Å². The third-order valence-electron chi connectivity index (χ3n) is 2.64. The molecule has 0 aliphatic heterocycles. The molecule has 1 aliphatic rings. The summed E-state index contributed by atoms with van der Waals surface area (Å²) in [7, 11) is 0. The highest BCUT2D eigenvalue weighted by Gasteiger charge is 2.33. The molecule has 82 valence electrons. The predicted octanol–water partition coefficient (Wildman–Crippen LogP) is 3.24. The Balaban J connectivity index is 2.21. The van der Waals surface area contributed by atoms with Crippen LogP contribution in [0.15, 0.2) is 18.2 Å². The first kappa shape index (κ1) is 10.3. The van der Waals surface area contributed by atoms with E-state index in [4.69, 9.17) is 5.73 Å². The first-order chi connectivity index (χ1) is 6.97. The summed E-state index contributed by atoms with van der Waals surface area (Å²) in [5.74, 6) is 0.654. The van der Waals surface area contributed by atoms with Crippen LogP contribution in [0.4, 0.5) is 18.9 Å². The Morgan fingerprint density at radius 3 is 2.40 bits per heavy atom. The van der Waals surface area contributed by atoms with Crippen LogP contribution >= 0.6 is 0 Å². The summed E-state index contributed by atoms with van der Waals surface area (Å²) in [6.45, 7) is 0. The molecule has 0 atom stereocenters.